The van der Waals surface area contributed by atoms with Gasteiger partial charge < -0.3 is 25.2 Å². The van der Waals surface area contributed by atoms with Crippen LogP contribution in [0.5, 0.6) is 17.2 Å². The number of rotatable bonds is 2. The van der Waals surface area contributed by atoms with Crippen molar-refractivity contribution in [3.8, 4) is 17.2 Å². The molecule has 0 saturated heterocycles. The molecule has 0 fully saturated rings. The monoisotopic (exact) mass is 384 g/mol. The second-order valence-electron chi connectivity index (χ2n) is 6.96. The molecule has 1 atom stereocenters. The molecule has 0 unspecified atom stereocenters. The van der Waals surface area contributed by atoms with Gasteiger partial charge in [0.25, 0.3) is 0 Å². The summed E-state index contributed by atoms with van der Waals surface area (Å²) in [5, 5.41) is 41.0. The van der Waals surface area contributed by atoms with E-state index in [0.717, 1.165) is 0 Å². The second kappa shape index (κ2) is 5.80. The lowest BCUT2D eigenvalue weighted by molar-refractivity contribution is -0.159. The Balaban J connectivity index is 2.00. The number of carbonyl (C=O) groups excluding carboxylic acids is 2. The Bertz CT molecular complexity index is 1080. The summed E-state index contributed by atoms with van der Waals surface area (Å²) in [5.41, 5.74) is -2.74. The third kappa shape index (κ3) is 2.18. The van der Waals surface area contributed by atoms with Crippen molar-refractivity contribution in [2.75, 3.05) is 7.11 Å². The van der Waals surface area contributed by atoms with Crippen LogP contribution in [0.25, 0.3) is 0 Å². The number of carboxylic acids is 1. The number of hydrogen-bond donors (Lipinski definition) is 4. The summed E-state index contributed by atoms with van der Waals surface area (Å²) in [4.78, 5) is 37.5. The first kappa shape index (κ1) is 18.0. The third-order valence-corrected chi connectivity index (χ3v) is 5.49. The van der Waals surface area contributed by atoms with Crippen molar-refractivity contribution in [2.24, 2.45) is 0 Å². The molecule has 0 aliphatic heterocycles. The van der Waals surface area contributed by atoms with Gasteiger partial charge in [-0.2, -0.15) is 0 Å². The van der Waals surface area contributed by atoms with Crippen molar-refractivity contribution in [2.45, 2.75) is 24.9 Å². The predicted octanol–water partition coefficient (Wildman–Crippen LogP) is 1.19. The van der Waals surface area contributed by atoms with Gasteiger partial charge in [-0.1, -0.05) is 12.1 Å². The van der Waals surface area contributed by atoms with Crippen molar-refractivity contribution in [3.63, 3.8) is 0 Å². The molecule has 28 heavy (non-hydrogen) atoms. The maximum atomic E-state index is 13.1. The quantitative estimate of drug-likeness (QED) is 0.483. The standard InChI is InChI=1S/C20H16O8/c1-28-11-4-2-3-9-12(11)18(24)14-13(16(9)22)17(23)10-7-20(27,19(25)26)6-5-8(10)15(14)21/h2-4,21,23,27H,5-7H2,1H3,(H,25,26)/t20-/m1/s1. The normalized spacial score (nSPS) is 20.2. The van der Waals surface area contributed by atoms with Crippen LogP contribution in [-0.4, -0.2) is 50.7 Å². The van der Waals surface area contributed by atoms with Gasteiger partial charge in [-0.15, -0.1) is 0 Å². The van der Waals surface area contributed by atoms with Crippen molar-refractivity contribution in [3.05, 3.63) is 51.6 Å². The smallest absolute Gasteiger partial charge is 0.336 e. The minimum absolute atomic E-state index is 0.00463. The van der Waals surface area contributed by atoms with Gasteiger partial charge in [0.15, 0.2) is 11.4 Å². The highest BCUT2D eigenvalue weighted by Gasteiger charge is 2.45. The average molecular weight is 384 g/mol. The molecule has 0 aromatic heterocycles. The fourth-order valence-electron chi connectivity index (χ4n) is 4.01. The Morgan fingerprint density at radius 2 is 1.68 bits per heavy atom. The molecule has 0 radical (unpaired) electrons. The van der Waals surface area contributed by atoms with Gasteiger partial charge in [-0.25, -0.2) is 4.79 Å². The summed E-state index contributed by atoms with van der Waals surface area (Å²) in [6.07, 6.45) is -0.773. The number of methoxy groups -OCH3 is 1. The molecule has 0 spiro atoms. The average Bonchev–Trinajstić information content (AvgIpc) is 2.68. The number of phenolic OH excluding ortho intramolecular Hbond substituents is 2. The highest BCUT2D eigenvalue weighted by molar-refractivity contribution is 6.31. The second-order valence-corrected chi connectivity index (χ2v) is 6.96. The maximum Gasteiger partial charge on any atom is 0.336 e. The largest absolute Gasteiger partial charge is 0.507 e. The van der Waals surface area contributed by atoms with Crippen LogP contribution >= 0.6 is 0 Å². The molecule has 144 valence electrons. The highest BCUT2D eigenvalue weighted by atomic mass is 16.5. The Morgan fingerprint density at radius 1 is 1.04 bits per heavy atom. The molecule has 2 aliphatic carbocycles. The molecule has 2 aromatic carbocycles. The number of benzene rings is 2. The van der Waals surface area contributed by atoms with E-state index in [1.54, 1.807) is 0 Å². The van der Waals surface area contributed by atoms with Gasteiger partial charge in [0.2, 0.25) is 5.78 Å². The van der Waals surface area contributed by atoms with Crippen LogP contribution in [0.4, 0.5) is 0 Å². The zero-order chi connectivity index (χ0) is 20.4. The molecule has 8 nitrogen and oxygen atoms in total. The van der Waals surface area contributed by atoms with Crippen LogP contribution in [0.1, 0.15) is 49.4 Å². The molecular formula is C20H16O8. The van der Waals surface area contributed by atoms with Crippen molar-refractivity contribution < 1.29 is 39.5 Å². The van der Waals surface area contributed by atoms with Gasteiger partial charge in [0.1, 0.15) is 17.2 Å². The lowest BCUT2D eigenvalue weighted by Crippen LogP contribution is -2.44. The van der Waals surface area contributed by atoms with Crippen molar-refractivity contribution in [1.82, 2.24) is 0 Å². The Hall–Kier alpha value is -3.39. The van der Waals surface area contributed by atoms with E-state index in [1.165, 1.54) is 25.3 Å². The van der Waals surface area contributed by atoms with E-state index in [0.29, 0.717) is 0 Å². The van der Waals surface area contributed by atoms with Gasteiger partial charge >= 0.3 is 5.97 Å². The van der Waals surface area contributed by atoms with E-state index in [4.69, 9.17) is 4.74 Å². The number of carbonyl (C=O) groups is 3. The number of aliphatic hydroxyl groups is 1. The van der Waals surface area contributed by atoms with E-state index < -0.39 is 46.6 Å². The first-order valence-corrected chi connectivity index (χ1v) is 8.53. The highest BCUT2D eigenvalue weighted by Crippen LogP contribution is 2.47. The SMILES string of the molecule is COc1cccc2c1C(=O)c1c(O)c3c(c(O)c1C2=O)C[C@@](O)(C(=O)O)CC3. The van der Waals surface area contributed by atoms with Crippen LogP contribution in [0.15, 0.2) is 18.2 Å². The first-order chi connectivity index (χ1) is 13.2. The summed E-state index contributed by atoms with van der Waals surface area (Å²) >= 11 is 0. The van der Waals surface area contributed by atoms with E-state index in [9.17, 15) is 34.8 Å². The summed E-state index contributed by atoms with van der Waals surface area (Å²) in [5.74, 6) is -3.73. The summed E-state index contributed by atoms with van der Waals surface area (Å²) in [7, 11) is 1.35. The van der Waals surface area contributed by atoms with Crippen LogP contribution < -0.4 is 4.74 Å². The van der Waals surface area contributed by atoms with Gasteiger partial charge in [-0.3, -0.25) is 9.59 Å². The topological polar surface area (TPSA) is 141 Å². The zero-order valence-electron chi connectivity index (χ0n) is 14.8. The molecule has 4 N–H and O–H groups in total. The molecule has 0 saturated carbocycles. The number of ketones is 2. The molecule has 0 bridgehead atoms. The predicted molar refractivity (Wildman–Crippen MR) is 94.2 cm³/mol. The minimum Gasteiger partial charge on any atom is -0.507 e. The summed E-state index contributed by atoms with van der Waals surface area (Å²) in [6, 6.07) is 4.44. The zero-order valence-corrected chi connectivity index (χ0v) is 14.8. The molecule has 8 heteroatoms. The Morgan fingerprint density at radius 3 is 2.32 bits per heavy atom. The fraction of sp³-hybridized carbons (Fsp3) is 0.250. The van der Waals surface area contributed by atoms with Crippen LogP contribution in [-0.2, 0) is 17.6 Å². The minimum atomic E-state index is -2.13. The van der Waals surface area contributed by atoms with Gasteiger partial charge in [0, 0.05) is 23.1 Å². The maximum absolute atomic E-state index is 13.1. The number of hydrogen-bond acceptors (Lipinski definition) is 7. The molecule has 0 heterocycles. The van der Waals surface area contributed by atoms with Crippen LogP contribution in [0.2, 0.25) is 0 Å². The van der Waals surface area contributed by atoms with E-state index in [-0.39, 0.29) is 46.4 Å². The van der Waals surface area contributed by atoms with E-state index in [2.05, 4.69) is 0 Å². The van der Waals surface area contributed by atoms with Gasteiger partial charge in [-0.05, 0) is 18.9 Å². The van der Waals surface area contributed by atoms with Crippen molar-refractivity contribution in [1.29, 1.82) is 0 Å². The number of aromatic hydroxyl groups is 2. The molecule has 4 rings (SSSR count). The van der Waals surface area contributed by atoms with Crippen LogP contribution in [0, 0.1) is 0 Å². The number of phenols is 2. The van der Waals surface area contributed by atoms with E-state index >= 15 is 0 Å². The number of ether oxygens (including phenoxy) is 1. The number of fused-ring (bicyclic) bond motifs is 3. The summed E-state index contributed by atoms with van der Waals surface area (Å²) in [6.45, 7) is 0. The summed E-state index contributed by atoms with van der Waals surface area (Å²) < 4.78 is 5.17. The lowest BCUT2D eigenvalue weighted by Gasteiger charge is -2.32. The third-order valence-electron chi connectivity index (χ3n) is 5.49. The Labute approximate surface area is 158 Å². The first-order valence-electron chi connectivity index (χ1n) is 8.53. The fourth-order valence-corrected chi connectivity index (χ4v) is 4.01. The Kier molecular flexibility index (Phi) is 3.73. The van der Waals surface area contributed by atoms with Crippen molar-refractivity contribution >= 4 is 17.5 Å². The number of aliphatic carboxylic acids is 1. The molecule has 0 amide bonds. The lowest BCUT2D eigenvalue weighted by atomic mass is 9.74. The van der Waals surface area contributed by atoms with Crippen LogP contribution in [0.3, 0.4) is 0 Å². The number of carboxylic acid groups (broad SMARTS) is 1. The van der Waals surface area contributed by atoms with Gasteiger partial charge in [0.05, 0.1) is 23.8 Å². The van der Waals surface area contributed by atoms with E-state index in [1.807, 2.05) is 0 Å². The molecule has 2 aliphatic rings. The molecule has 2 aromatic rings. The molecular weight excluding hydrogens is 368 g/mol.